The predicted octanol–water partition coefficient (Wildman–Crippen LogP) is 1.16. The molecule has 170 valence electrons. The van der Waals surface area contributed by atoms with Gasteiger partial charge in [-0.1, -0.05) is 13.0 Å². The van der Waals surface area contributed by atoms with Gasteiger partial charge in [0.2, 0.25) is 5.91 Å². The molecule has 2 aliphatic heterocycles. The Morgan fingerprint density at radius 3 is 2.71 bits per heavy atom. The van der Waals surface area contributed by atoms with Crippen molar-refractivity contribution in [3.8, 4) is 11.5 Å². The van der Waals surface area contributed by atoms with Crippen molar-refractivity contribution in [2.24, 2.45) is 0 Å². The zero-order chi connectivity index (χ0) is 22.4. The average molecular weight is 433 g/mol. The number of amides is 4. The van der Waals surface area contributed by atoms with Crippen molar-refractivity contribution in [3.05, 3.63) is 23.8 Å². The SMILES string of the molecule is CCN1CCC[C@H]1CNC(=O)C[C@H]1NC(=O)N(CCc2ccc(OC)c(OC)c2)C1=O. The molecule has 2 saturated heterocycles. The molecule has 31 heavy (non-hydrogen) atoms. The summed E-state index contributed by atoms with van der Waals surface area (Å²) in [5.41, 5.74) is 0.913. The molecule has 3 rings (SSSR count). The summed E-state index contributed by atoms with van der Waals surface area (Å²) in [5.74, 6) is 0.627. The number of benzene rings is 1. The Balaban J connectivity index is 1.49. The van der Waals surface area contributed by atoms with Crippen LogP contribution >= 0.6 is 0 Å². The molecule has 2 aliphatic rings. The van der Waals surface area contributed by atoms with E-state index in [1.807, 2.05) is 12.1 Å². The van der Waals surface area contributed by atoms with Gasteiger partial charge in [-0.05, 0) is 50.0 Å². The van der Waals surface area contributed by atoms with Gasteiger partial charge in [0.1, 0.15) is 6.04 Å². The van der Waals surface area contributed by atoms with Crippen molar-refractivity contribution < 1.29 is 23.9 Å². The highest BCUT2D eigenvalue weighted by Crippen LogP contribution is 2.28. The topological polar surface area (TPSA) is 100 Å². The Morgan fingerprint density at radius 2 is 2.00 bits per heavy atom. The van der Waals surface area contributed by atoms with Gasteiger partial charge in [0.05, 0.1) is 20.6 Å². The molecular formula is C22H32N4O5. The van der Waals surface area contributed by atoms with E-state index in [0.29, 0.717) is 30.5 Å². The molecule has 9 heteroatoms. The molecule has 0 aromatic heterocycles. The molecule has 0 bridgehead atoms. The van der Waals surface area contributed by atoms with Gasteiger partial charge in [-0.2, -0.15) is 0 Å². The molecule has 0 saturated carbocycles. The second kappa shape index (κ2) is 10.5. The summed E-state index contributed by atoms with van der Waals surface area (Å²) < 4.78 is 10.5. The van der Waals surface area contributed by atoms with Gasteiger partial charge in [-0.3, -0.25) is 19.4 Å². The van der Waals surface area contributed by atoms with Crippen LogP contribution in [0.4, 0.5) is 4.79 Å². The fourth-order valence-electron chi connectivity index (χ4n) is 4.24. The first-order valence-electron chi connectivity index (χ1n) is 10.8. The van der Waals surface area contributed by atoms with Crippen molar-refractivity contribution in [1.29, 1.82) is 0 Å². The molecule has 0 radical (unpaired) electrons. The van der Waals surface area contributed by atoms with Gasteiger partial charge in [0.25, 0.3) is 5.91 Å². The van der Waals surface area contributed by atoms with E-state index in [9.17, 15) is 14.4 Å². The van der Waals surface area contributed by atoms with Gasteiger partial charge in [-0.25, -0.2) is 4.79 Å². The standard InChI is InChI=1S/C22H32N4O5/c1-4-25-10-5-6-16(25)14-23-20(27)13-17-21(28)26(22(29)24-17)11-9-15-7-8-18(30-2)19(12-15)31-3/h7-8,12,16-17H,4-6,9-11,13-14H2,1-3H3,(H,23,27)(H,24,29)/t16-,17+/m0/s1. The van der Waals surface area contributed by atoms with Crippen LogP contribution in [0.2, 0.25) is 0 Å². The Hall–Kier alpha value is -2.81. The Kier molecular flexibility index (Phi) is 7.73. The number of ether oxygens (including phenoxy) is 2. The monoisotopic (exact) mass is 432 g/mol. The number of urea groups is 1. The van der Waals surface area contributed by atoms with Gasteiger partial charge >= 0.3 is 6.03 Å². The zero-order valence-corrected chi connectivity index (χ0v) is 18.5. The Morgan fingerprint density at radius 1 is 1.23 bits per heavy atom. The zero-order valence-electron chi connectivity index (χ0n) is 18.5. The summed E-state index contributed by atoms with van der Waals surface area (Å²) in [7, 11) is 3.12. The molecule has 1 aromatic carbocycles. The number of carbonyl (C=O) groups is 3. The van der Waals surface area contributed by atoms with Crippen LogP contribution in [0, 0.1) is 0 Å². The number of nitrogens with zero attached hydrogens (tertiary/aromatic N) is 2. The van der Waals surface area contributed by atoms with Crippen LogP contribution in [0.5, 0.6) is 11.5 Å². The van der Waals surface area contributed by atoms with Crippen molar-refractivity contribution in [2.75, 3.05) is 40.4 Å². The summed E-state index contributed by atoms with van der Waals surface area (Å²) in [6.07, 6.45) is 2.64. The fourth-order valence-corrected chi connectivity index (χ4v) is 4.24. The van der Waals surface area contributed by atoms with Crippen LogP contribution in [0.25, 0.3) is 0 Å². The number of rotatable bonds is 10. The minimum atomic E-state index is -0.816. The molecule has 2 heterocycles. The second-order valence-corrected chi connectivity index (χ2v) is 7.86. The molecule has 2 atom stereocenters. The Labute approximate surface area is 183 Å². The first-order chi connectivity index (χ1) is 15.0. The predicted molar refractivity (Wildman–Crippen MR) is 115 cm³/mol. The molecule has 0 aliphatic carbocycles. The fraction of sp³-hybridized carbons (Fsp3) is 0.591. The van der Waals surface area contributed by atoms with Crippen LogP contribution in [0.15, 0.2) is 18.2 Å². The first-order valence-corrected chi connectivity index (χ1v) is 10.8. The highest BCUT2D eigenvalue weighted by atomic mass is 16.5. The number of nitrogens with one attached hydrogen (secondary N) is 2. The number of carbonyl (C=O) groups excluding carboxylic acids is 3. The third-order valence-electron chi connectivity index (χ3n) is 6.01. The van der Waals surface area contributed by atoms with Gasteiger partial charge < -0.3 is 20.1 Å². The van der Waals surface area contributed by atoms with E-state index in [4.69, 9.17) is 9.47 Å². The quantitative estimate of drug-likeness (QED) is 0.538. The maximum Gasteiger partial charge on any atom is 0.324 e. The van der Waals surface area contributed by atoms with Crippen molar-refractivity contribution >= 4 is 17.8 Å². The summed E-state index contributed by atoms with van der Waals surface area (Å²) in [6, 6.07) is 4.55. The smallest absolute Gasteiger partial charge is 0.324 e. The maximum atomic E-state index is 12.7. The Bertz CT molecular complexity index is 815. The number of likely N-dealkylation sites (tertiary alicyclic amines) is 1. The highest BCUT2D eigenvalue weighted by Gasteiger charge is 2.38. The summed E-state index contributed by atoms with van der Waals surface area (Å²) in [5, 5.41) is 5.55. The van der Waals surface area contributed by atoms with Crippen molar-refractivity contribution in [3.63, 3.8) is 0 Å². The van der Waals surface area contributed by atoms with E-state index in [2.05, 4.69) is 22.5 Å². The van der Waals surface area contributed by atoms with E-state index in [1.165, 1.54) is 4.90 Å². The third kappa shape index (κ3) is 5.46. The van der Waals surface area contributed by atoms with E-state index in [0.717, 1.165) is 31.5 Å². The molecule has 2 fully saturated rings. The molecule has 0 unspecified atom stereocenters. The lowest BCUT2D eigenvalue weighted by atomic mass is 10.1. The summed E-state index contributed by atoms with van der Waals surface area (Å²) in [4.78, 5) is 40.8. The minimum absolute atomic E-state index is 0.0454. The number of imide groups is 1. The van der Waals surface area contributed by atoms with Gasteiger partial charge in [0.15, 0.2) is 11.5 Å². The third-order valence-corrected chi connectivity index (χ3v) is 6.01. The molecule has 4 amide bonds. The highest BCUT2D eigenvalue weighted by molar-refractivity contribution is 6.05. The minimum Gasteiger partial charge on any atom is -0.493 e. The molecular weight excluding hydrogens is 400 g/mol. The van der Waals surface area contributed by atoms with Gasteiger partial charge in [-0.15, -0.1) is 0 Å². The lowest BCUT2D eigenvalue weighted by Crippen LogP contribution is -2.42. The molecule has 9 nitrogen and oxygen atoms in total. The maximum absolute atomic E-state index is 12.7. The van der Waals surface area contributed by atoms with Crippen molar-refractivity contribution in [1.82, 2.24) is 20.4 Å². The largest absolute Gasteiger partial charge is 0.493 e. The van der Waals surface area contributed by atoms with Crippen LogP contribution in [-0.2, 0) is 16.0 Å². The normalized spacial score (nSPS) is 21.3. The molecule has 1 aromatic rings. The lowest BCUT2D eigenvalue weighted by molar-refractivity contribution is -0.130. The van der Waals surface area contributed by atoms with Crippen LogP contribution in [0.1, 0.15) is 31.7 Å². The van der Waals surface area contributed by atoms with Crippen molar-refractivity contribution in [2.45, 2.75) is 44.7 Å². The summed E-state index contributed by atoms with van der Waals surface area (Å²) in [6.45, 7) is 4.94. The van der Waals surface area contributed by atoms with Crippen LogP contribution in [0.3, 0.4) is 0 Å². The molecule has 2 N–H and O–H groups in total. The number of hydrogen-bond donors (Lipinski definition) is 2. The first kappa shape index (κ1) is 22.9. The van der Waals surface area contributed by atoms with E-state index in [-0.39, 0.29) is 24.8 Å². The number of likely N-dealkylation sites (N-methyl/N-ethyl adjacent to an activating group) is 1. The summed E-state index contributed by atoms with van der Waals surface area (Å²) >= 11 is 0. The van der Waals surface area contributed by atoms with Crippen LogP contribution < -0.4 is 20.1 Å². The van der Waals surface area contributed by atoms with E-state index in [1.54, 1.807) is 20.3 Å². The van der Waals surface area contributed by atoms with Gasteiger partial charge in [0, 0.05) is 19.1 Å². The lowest BCUT2D eigenvalue weighted by Gasteiger charge is -2.23. The van der Waals surface area contributed by atoms with E-state index >= 15 is 0 Å². The number of hydrogen-bond acceptors (Lipinski definition) is 6. The van der Waals surface area contributed by atoms with E-state index < -0.39 is 12.1 Å². The molecule has 0 spiro atoms. The average Bonchev–Trinajstić information content (AvgIpc) is 3.34. The van der Waals surface area contributed by atoms with Crippen LogP contribution in [-0.4, -0.2) is 80.1 Å². The second-order valence-electron chi connectivity index (χ2n) is 7.86. The number of methoxy groups -OCH3 is 2.